The molecule has 10 heteroatoms. The zero-order chi connectivity index (χ0) is 19.8. The molecular formula is C16H21N3O7. The lowest BCUT2D eigenvalue weighted by Gasteiger charge is -2.02. The maximum absolute atomic E-state index is 11.5. The Labute approximate surface area is 149 Å². The summed E-state index contributed by atoms with van der Waals surface area (Å²) in [4.78, 5) is 44.4. The SMILES string of the molecule is O=C(/C=C/c1cccnc1)NCCCCCC(=O)NO.O=C(O)C(=O)O. The van der Waals surface area contributed by atoms with Crippen LogP contribution in [0.5, 0.6) is 0 Å². The van der Waals surface area contributed by atoms with Gasteiger partial charge in [0.25, 0.3) is 0 Å². The Morgan fingerprint density at radius 1 is 1.08 bits per heavy atom. The quantitative estimate of drug-likeness (QED) is 0.145. The fraction of sp³-hybridized carbons (Fsp3) is 0.312. The molecule has 0 aliphatic carbocycles. The molecule has 0 saturated heterocycles. The second-order valence-corrected chi connectivity index (χ2v) is 4.87. The molecule has 5 N–H and O–H groups in total. The highest BCUT2D eigenvalue weighted by Crippen LogP contribution is 1.99. The fourth-order valence-electron chi connectivity index (χ4n) is 1.56. The summed E-state index contributed by atoms with van der Waals surface area (Å²) in [6.07, 6.45) is 9.12. The number of carboxylic acids is 2. The molecule has 0 fully saturated rings. The molecule has 1 heterocycles. The summed E-state index contributed by atoms with van der Waals surface area (Å²) in [5, 5.41) is 25.8. The van der Waals surface area contributed by atoms with Crippen LogP contribution in [0.1, 0.15) is 31.2 Å². The van der Waals surface area contributed by atoms with Crippen LogP contribution in [0, 0.1) is 0 Å². The molecule has 0 radical (unpaired) electrons. The van der Waals surface area contributed by atoms with Gasteiger partial charge >= 0.3 is 11.9 Å². The second-order valence-electron chi connectivity index (χ2n) is 4.87. The third-order valence-electron chi connectivity index (χ3n) is 2.80. The van der Waals surface area contributed by atoms with Crippen molar-refractivity contribution < 1.29 is 34.6 Å². The van der Waals surface area contributed by atoms with Gasteiger partial charge in [0, 0.05) is 31.4 Å². The third-order valence-corrected chi connectivity index (χ3v) is 2.80. The third kappa shape index (κ3) is 13.2. The molecule has 1 aromatic heterocycles. The lowest BCUT2D eigenvalue weighted by atomic mass is 10.2. The minimum absolute atomic E-state index is 0.151. The second kappa shape index (κ2) is 14.1. The van der Waals surface area contributed by atoms with Gasteiger partial charge < -0.3 is 15.5 Å². The number of aromatic nitrogens is 1. The Kier molecular flexibility index (Phi) is 12.3. The topological polar surface area (TPSA) is 166 Å². The van der Waals surface area contributed by atoms with Gasteiger partial charge in [-0.05, 0) is 30.5 Å². The number of carboxylic acid groups (broad SMARTS) is 2. The van der Waals surface area contributed by atoms with Crippen molar-refractivity contribution in [2.75, 3.05) is 6.54 Å². The number of nitrogens with one attached hydrogen (secondary N) is 2. The maximum Gasteiger partial charge on any atom is 0.414 e. The van der Waals surface area contributed by atoms with Crippen molar-refractivity contribution in [2.24, 2.45) is 0 Å². The normalized spacial score (nSPS) is 9.73. The van der Waals surface area contributed by atoms with E-state index in [1.807, 2.05) is 6.07 Å². The number of aliphatic carboxylic acids is 2. The molecular weight excluding hydrogens is 346 g/mol. The number of carbonyl (C=O) groups excluding carboxylic acids is 2. The Morgan fingerprint density at radius 2 is 1.77 bits per heavy atom. The van der Waals surface area contributed by atoms with Gasteiger partial charge in [0.05, 0.1) is 0 Å². The molecule has 0 bridgehead atoms. The van der Waals surface area contributed by atoms with Gasteiger partial charge in [0.15, 0.2) is 0 Å². The lowest BCUT2D eigenvalue weighted by Crippen LogP contribution is -2.22. The number of carbonyl (C=O) groups is 4. The fourth-order valence-corrected chi connectivity index (χ4v) is 1.56. The molecule has 26 heavy (non-hydrogen) atoms. The minimum atomic E-state index is -1.82. The van der Waals surface area contributed by atoms with Crippen molar-refractivity contribution >= 4 is 29.8 Å². The highest BCUT2D eigenvalue weighted by molar-refractivity contribution is 6.27. The van der Waals surface area contributed by atoms with Crippen LogP contribution >= 0.6 is 0 Å². The van der Waals surface area contributed by atoms with E-state index in [1.54, 1.807) is 30.0 Å². The van der Waals surface area contributed by atoms with Crippen LogP contribution in [0.4, 0.5) is 0 Å². The van der Waals surface area contributed by atoms with Gasteiger partial charge in [-0.25, -0.2) is 15.1 Å². The number of rotatable bonds is 8. The van der Waals surface area contributed by atoms with E-state index in [0.717, 1.165) is 18.4 Å². The molecule has 0 unspecified atom stereocenters. The van der Waals surface area contributed by atoms with E-state index in [-0.39, 0.29) is 11.8 Å². The largest absolute Gasteiger partial charge is 0.473 e. The first-order valence-electron chi connectivity index (χ1n) is 7.62. The van der Waals surface area contributed by atoms with Gasteiger partial charge in [0.2, 0.25) is 11.8 Å². The number of hydrogen-bond donors (Lipinski definition) is 5. The monoisotopic (exact) mass is 367 g/mol. The predicted molar refractivity (Wildman–Crippen MR) is 89.9 cm³/mol. The zero-order valence-corrected chi connectivity index (χ0v) is 13.9. The average Bonchev–Trinajstić information content (AvgIpc) is 2.63. The number of hydroxylamine groups is 1. The number of nitrogens with zero attached hydrogens (tertiary/aromatic N) is 1. The summed E-state index contributed by atoms with van der Waals surface area (Å²) in [7, 11) is 0. The van der Waals surface area contributed by atoms with Gasteiger partial charge in [-0.2, -0.15) is 0 Å². The van der Waals surface area contributed by atoms with Gasteiger partial charge in [-0.1, -0.05) is 12.5 Å². The molecule has 142 valence electrons. The van der Waals surface area contributed by atoms with Crippen LogP contribution in [-0.4, -0.2) is 50.7 Å². The summed E-state index contributed by atoms with van der Waals surface area (Å²) >= 11 is 0. The standard InChI is InChI=1S/C14H19N3O3.C2H2O4/c18-13(8-7-12-5-4-9-15-11-12)16-10-3-1-2-6-14(19)17-20;3-1(4)2(5)6/h4-5,7-9,11,20H,1-3,6,10H2,(H,16,18)(H,17,19);(H,3,4)(H,5,6)/b8-7+;. The van der Waals surface area contributed by atoms with Crippen molar-refractivity contribution in [1.82, 2.24) is 15.8 Å². The molecule has 0 aliphatic heterocycles. The first-order valence-corrected chi connectivity index (χ1v) is 7.62. The Bertz CT molecular complexity index is 606. The van der Waals surface area contributed by atoms with Gasteiger partial charge in [-0.3, -0.25) is 19.8 Å². The van der Waals surface area contributed by atoms with Crippen LogP contribution in [-0.2, 0) is 19.2 Å². The Balaban J connectivity index is 0.000000896. The van der Waals surface area contributed by atoms with Crippen molar-refractivity contribution in [3.8, 4) is 0 Å². The predicted octanol–water partition coefficient (Wildman–Crippen LogP) is 0.432. The van der Waals surface area contributed by atoms with Crippen molar-refractivity contribution in [3.63, 3.8) is 0 Å². The Hall–Kier alpha value is -3.27. The zero-order valence-electron chi connectivity index (χ0n) is 13.9. The van der Waals surface area contributed by atoms with E-state index in [0.29, 0.717) is 19.4 Å². The molecule has 0 aromatic carbocycles. The van der Waals surface area contributed by atoms with Crippen LogP contribution in [0.2, 0.25) is 0 Å². The van der Waals surface area contributed by atoms with E-state index >= 15 is 0 Å². The Morgan fingerprint density at radius 3 is 2.31 bits per heavy atom. The number of hydrogen-bond acceptors (Lipinski definition) is 6. The van der Waals surface area contributed by atoms with Crippen LogP contribution < -0.4 is 10.8 Å². The molecule has 2 amide bonds. The number of amides is 2. The summed E-state index contributed by atoms with van der Waals surface area (Å²) in [6, 6.07) is 3.67. The van der Waals surface area contributed by atoms with E-state index in [2.05, 4.69) is 10.3 Å². The van der Waals surface area contributed by atoms with E-state index in [9.17, 15) is 9.59 Å². The summed E-state index contributed by atoms with van der Waals surface area (Å²) in [5.74, 6) is -4.18. The number of unbranched alkanes of at least 4 members (excludes halogenated alkanes) is 2. The van der Waals surface area contributed by atoms with Crippen LogP contribution in [0.15, 0.2) is 30.6 Å². The van der Waals surface area contributed by atoms with Crippen molar-refractivity contribution in [1.29, 1.82) is 0 Å². The molecule has 0 atom stereocenters. The first kappa shape index (κ1) is 22.7. The van der Waals surface area contributed by atoms with E-state index in [1.165, 1.54) is 6.08 Å². The van der Waals surface area contributed by atoms with E-state index < -0.39 is 11.9 Å². The molecule has 0 saturated carbocycles. The van der Waals surface area contributed by atoms with Crippen LogP contribution in [0.25, 0.3) is 6.08 Å². The molecule has 1 rings (SSSR count). The number of pyridine rings is 1. The summed E-state index contributed by atoms with van der Waals surface area (Å²) < 4.78 is 0. The molecule has 1 aromatic rings. The highest BCUT2D eigenvalue weighted by atomic mass is 16.5. The van der Waals surface area contributed by atoms with E-state index in [4.69, 9.17) is 25.0 Å². The summed E-state index contributed by atoms with van der Waals surface area (Å²) in [6.45, 7) is 0.566. The smallest absolute Gasteiger partial charge is 0.414 e. The first-order chi connectivity index (χ1) is 12.4. The molecule has 0 spiro atoms. The summed E-state index contributed by atoms with van der Waals surface area (Å²) in [5.41, 5.74) is 2.46. The van der Waals surface area contributed by atoms with Crippen LogP contribution in [0.3, 0.4) is 0 Å². The molecule has 0 aliphatic rings. The van der Waals surface area contributed by atoms with Crippen molar-refractivity contribution in [2.45, 2.75) is 25.7 Å². The molecule has 10 nitrogen and oxygen atoms in total. The average molecular weight is 367 g/mol. The maximum atomic E-state index is 11.5. The van der Waals surface area contributed by atoms with Gasteiger partial charge in [-0.15, -0.1) is 0 Å². The lowest BCUT2D eigenvalue weighted by molar-refractivity contribution is -0.159. The van der Waals surface area contributed by atoms with Gasteiger partial charge in [0.1, 0.15) is 0 Å². The van der Waals surface area contributed by atoms with Crippen molar-refractivity contribution in [3.05, 3.63) is 36.2 Å². The highest BCUT2D eigenvalue weighted by Gasteiger charge is 2.04. The minimum Gasteiger partial charge on any atom is -0.473 e.